The van der Waals surface area contributed by atoms with Crippen LogP contribution in [0.4, 0.5) is 14.7 Å². The molecular formula is C29H37F2N5O. The maximum Gasteiger partial charge on any atom is 0.204 e. The monoisotopic (exact) mass is 509 g/mol. The van der Waals surface area contributed by atoms with Crippen molar-refractivity contribution in [1.82, 2.24) is 19.8 Å². The molecule has 2 heterocycles. The number of nitrogens with one attached hydrogen (secondary N) is 1. The molecule has 3 aromatic rings. The molecule has 2 N–H and O–H groups in total. The van der Waals surface area contributed by atoms with Crippen LogP contribution in [0.2, 0.25) is 0 Å². The Balaban J connectivity index is 1.20. The molecule has 2 aliphatic carbocycles. The summed E-state index contributed by atoms with van der Waals surface area (Å²) in [6.45, 7) is 6.39. The molecular weight excluding hydrogens is 472 g/mol. The van der Waals surface area contributed by atoms with Crippen molar-refractivity contribution in [3.05, 3.63) is 59.2 Å². The lowest BCUT2D eigenvalue weighted by atomic mass is 9.80. The SMILES string of the molecule is CN1CCN(CCCN(c2nc3cc(F)c(F)cc3[nH]2)[C@@H]2CC[C@]3(c4cccc(CO)c4)C[C@@H]3C2)CC1. The largest absolute Gasteiger partial charge is 0.392 e. The van der Waals surface area contributed by atoms with Gasteiger partial charge in [0.25, 0.3) is 0 Å². The van der Waals surface area contributed by atoms with Gasteiger partial charge in [0.2, 0.25) is 5.95 Å². The third-order valence-electron chi connectivity index (χ3n) is 9.09. The predicted molar refractivity (Wildman–Crippen MR) is 142 cm³/mol. The number of aliphatic hydroxyl groups excluding tert-OH is 1. The molecule has 0 spiro atoms. The predicted octanol–water partition coefficient (Wildman–Crippen LogP) is 4.29. The number of halogens is 2. The van der Waals surface area contributed by atoms with E-state index in [1.807, 2.05) is 6.07 Å². The van der Waals surface area contributed by atoms with Crippen LogP contribution in [0.1, 0.15) is 43.2 Å². The van der Waals surface area contributed by atoms with Gasteiger partial charge in [-0.3, -0.25) is 0 Å². The van der Waals surface area contributed by atoms with Gasteiger partial charge in [-0.15, -0.1) is 0 Å². The number of likely N-dealkylation sites (N-methyl/N-ethyl adjacent to an activating group) is 1. The molecule has 0 radical (unpaired) electrons. The van der Waals surface area contributed by atoms with E-state index in [0.717, 1.165) is 76.5 Å². The summed E-state index contributed by atoms with van der Waals surface area (Å²) in [6.07, 6.45) is 5.44. The van der Waals surface area contributed by atoms with Gasteiger partial charge in [0.1, 0.15) is 0 Å². The van der Waals surface area contributed by atoms with Crippen molar-refractivity contribution in [3.63, 3.8) is 0 Å². The minimum atomic E-state index is -0.863. The van der Waals surface area contributed by atoms with Crippen LogP contribution in [0.3, 0.4) is 0 Å². The molecule has 1 saturated heterocycles. The zero-order chi connectivity index (χ0) is 25.6. The fraction of sp³-hybridized carbons (Fsp3) is 0.552. The number of hydrogen-bond acceptors (Lipinski definition) is 5. The van der Waals surface area contributed by atoms with Crippen LogP contribution in [0.25, 0.3) is 11.0 Å². The number of rotatable bonds is 8. The molecule has 8 heteroatoms. The molecule has 3 aliphatic rings. The summed E-state index contributed by atoms with van der Waals surface area (Å²) < 4.78 is 27.8. The average molecular weight is 510 g/mol. The van der Waals surface area contributed by atoms with Crippen molar-refractivity contribution in [1.29, 1.82) is 0 Å². The van der Waals surface area contributed by atoms with E-state index in [2.05, 4.69) is 44.9 Å². The fourth-order valence-corrected chi connectivity index (χ4v) is 6.75. The lowest BCUT2D eigenvalue weighted by Gasteiger charge is -2.38. The van der Waals surface area contributed by atoms with Crippen molar-refractivity contribution in [2.75, 3.05) is 51.2 Å². The van der Waals surface area contributed by atoms with Gasteiger partial charge in [0.15, 0.2) is 11.6 Å². The average Bonchev–Trinajstić information content (AvgIpc) is 3.53. The van der Waals surface area contributed by atoms with Crippen molar-refractivity contribution >= 4 is 17.0 Å². The number of nitrogens with zero attached hydrogens (tertiary/aromatic N) is 4. The topological polar surface area (TPSA) is 58.6 Å². The molecule has 0 bridgehead atoms. The first-order valence-electron chi connectivity index (χ1n) is 13.7. The van der Waals surface area contributed by atoms with E-state index in [1.165, 1.54) is 24.1 Å². The second-order valence-corrected chi connectivity index (χ2v) is 11.4. The van der Waals surface area contributed by atoms with E-state index in [-0.39, 0.29) is 12.0 Å². The fourth-order valence-electron chi connectivity index (χ4n) is 6.75. The molecule has 1 aliphatic heterocycles. The summed E-state index contributed by atoms with van der Waals surface area (Å²) in [6, 6.07) is 11.2. The zero-order valence-corrected chi connectivity index (χ0v) is 21.6. The van der Waals surface area contributed by atoms with E-state index < -0.39 is 11.6 Å². The Hall–Kier alpha value is -2.55. The standard InChI is InChI=1S/C29H37F2N5O/c1-34-10-12-35(13-11-34)8-3-9-36(28-32-26-16-24(30)25(31)17-27(26)33-28)23-6-7-29(18-22(29)15-23)21-5-2-4-20(14-21)19-37/h2,4-5,14,16-17,22-23,37H,3,6-13,15,18-19H2,1H3,(H,32,33)/t22-,23+,29+/m0/s1. The molecule has 6 rings (SSSR count). The van der Waals surface area contributed by atoms with E-state index in [0.29, 0.717) is 23.0 Å². The first-order valence-corrected chi connectivity index (χ1v) is 13.7. The molecule has 2 aromatic carbocycles. The van der Waals surface area contributed by atoms with E-state index >= 15 is 0 Å². The number of H-pyrrole nitrogens is 1. The summed E-state index contributed by atoms with van der Waals surface area (Å²) >= 11 is 0. The van der Waals surface area contributed by atoms with Gasteiger partial charge in [0.05, 0.1) is 17.6 Å². The molecule has 37 heavy (non-hydrogen) atoms. The van der Waals surface area contributed by atoms with Gasteiger partial charge in [-0.1, -0.05) is 24.3 Å². The minimum Gasteiger partial charge on any atom is -0.392 e. The van der Waals surface area contributed by atoms with Crippen LogP contribution in [-0.2, 0) is 12.0 Å². The Morgan fingerprint density at radius 2 is 1.95 bits per heavy atom. The van der Waals surface area contributed by atoms with Crippen LogP contribution in [0.15, 0.2) is 36.4 Å². The van der Waals surface area contributed by atoms with Crippen LogP contribution in [-0.4, -0.2) is 77.2 Å². The molecule has 2 saturated carbocycles. The third-order valence-corrected chi connectivity index (χ3v) is 9.09. The number of fused-ring (bicyclic) bond motifs is 2. The smallest absolute Gasteiger partial charge is 0.204 e. The maximum absolute atomic E-state index is 13.9. The number of aromatic nitrogens is 2. The first kappa shape index (κ1) is 24.8. The summed E-state index contributed by atoms with van der Waals surface area (Å²) in [4.78, 5) is 15.3. The lowest BCUT2D eigenvalue weighted by Crippen LogP contribution is -2.46. The van der Waals surface area contributed by atoms with Gasteiger partial charge < -0.3 is 24.8 Å². The molecule has 1 aromatic heterocycles. The van der Waals surface area contributed by atoms with Crippen molar-refractivity contribution < 1.29 is 13.9 Å². The molecule has 198 valence electrons. The summed E-state index contributed by atoms with van der Waals surface area (Å²) in [5, 5.41) is 9.61. The molecule has 0 unspecified atom stereocenters. The zero-order valence-electron chi connectivity index (χ0n) is 21.6. The van der Waals surface area contributed by atoms with Crippen molar-refractivity contribution in [2.45, 2.75) is 50.2 Å². The van der Waals surface area contributed by atoms with Gasteiger partial charge in [0, 0.05) is 50.9 Å². The Morgan fingerprint density at radius 1 is 1.14 bits per heavy atom. The highest BCUT2D eigenvalue weighted by atomic mass is 19.2. The van der Waals surface area contributed by atoms with Crippen LogP contribution >= 0.6 is 0 Å². The third kappa shape index (κ3) is 4.87. The summed E-state index contributed by atoms with van der Waals surface area (Å²) in [5.74, 6) is -0.383. The number of imidazole rings is 1. The quantitative estimate of drug-likeness (QED) is 0.475. The summed E-state index contributed by atoms with van der Waals surface area (Å²) in [5.41, 5.74) is 3.57. The van der Waals surface area contributed by atoms with Gasteiger partial charge in [-0.2, -0.15) is 0 Å². The number of hydrogen-bond donors (Lipinski definition) is 2. The second kappa shape index (κ2) is 9.97. The highest BCUT2D eigenvalue weighted by Crippen LogP contribution is 2.63. The number of benzene rings is 2. The van der Waals surface area contributed by atoms with Crippen LogP contribution in [0.5, 0.6) is 0 Å². The Kier molecular flexibility index (Phi) is 6.67. The van der Waals surface area contributed by atoms with E-state index in [9.17, 15) is 13.9 Å². The molecule has 6 nitrogen and oxygen atoms in total. The highest BCUT2D eigenvalue weighted by molar-refractivity contribution is 5.77. The molecule has 0 amide bonds. The molecule has 3 atom stereocenters. The minimum absolute atomic E-state index is 0.0749. The van der Waals surface area contributed by atoms with E-state index in [1.54, 1.807) is 0 Å². The van der Waals surface area contributed by atoms with Crippen molar-refractivity contribution in [2.24, 2.45) is 5.92 Å². The number of aromatic amines is 1. The van der Waals surface area contributed by atoms with Gasteiger partial charge in [-0.05, 0) is 68.2 Å². The van der Waals surface area contributed by atoms with Crippen LogP contribution in [0, 0.1) is 17.6 Å². The van der Waals surface area contributed by atoms with Gasteiger partial charge in [-0.25, -0.2) is 13.8 Å². The Bertz CT molecular complexity index is 1220. The molecule has 3 fully saturated rings. The van der Waals surface area contributed by atoms with Crippen LogP contribution < -0.4 is 4.90 Å². The lowest BCUT2D eigenvalue weighted by molar-refractivity contribution is 0.153. The Morgan fingerprint density at radius 3 is 2.73 bits per heavy atom. The first-order chi connectivity index (χ1) is 17.9. The van der Waals surface area contributed by atoms with Gasteiger partial charge >= 0.3 is 0 Å². The number of piperazine rings is 1. The Labute approximate surface area is 217 Å². The van der Waals surface area contributed by atoms with Crippen molar-refractivity contribution in [3.8, 4) is 0 Å². The highest BCUT2D eigenvalue weighted by Gasteiger charge is 2.58. The second-order valence-electron chi connectivity index (χ2n) is 11.4. The maximum atomic E-state index is 13.9. The number of aliphatic hydroxyl groups is 1. The van der Waals surface area contributed by atoms with E-state index in [4.69, 9.17) is 4.98 Å². The number of anilines is 1. The normalized spacial score (nSPS) is 26.4. The summed E-state index contributed by atoms with van der Waals surface area (Å²) in [7, 11) is 2.17.